The molecule has 2 atom stereocenters. The number of carbonyl (C=O) groups excluding carboxylic acids is 2. The highest BCUT2D eigenvalue weighted by molar-refractivity contribution is 7.84. The Balaban J connectivity index is 1.96. The molecule has 0 fully saturated rings. The van der Waals surface area contributed by atoms with E-state index in [0.29, 0.717) is 11.4 Å². The van der Waals surface area contributed by atoms with E-state index in [9.17, 15) is 13.8 Å². The van der Waals surface area contributed by atoms with Crippen LogP contribution in [0.4, 0.5) is 0 Å². The van der Waals surface area contributed by atoms with E-state index in [4.69, 9.17) is 4.74 Å². The molecule has 0 radical (unpaired) electrons. The van der Waals surface area contributed by atoms with Gasteiger partial charge in [-0.05, 0) is 30.5 Å². The fourth-order valence-electron chi connectivity index (χ4n) is 1.89. The zero-order valence-corrected chi connectivity index (χ0v) is 14.4. The largest absolute Gasteiger partial charge is 0.449 e. The van der Waals surface area contributed by atoms with Gasteiger partial charge in [0, 0.05) is 11.1 Å². The van der Waals surface area contributed by atoms with Crippen molar-refractivity contribution in [3.8, 4) is 0 Å². The summed E-state index contributed by atoms with van der Waals surface area (Å²) in [5.74, 6) is -1.03. The van der Waals surface area contributed by atoms with Gasteiger partial charge in [0.25, 0.3) is 5.91 Å². The highest BCUT2D eigenvalue weighted by Crippen LogP contribution is 2.15. The smallest absolute Gasteiger partial charge is 0.340 e. The van der Waals surface area contributed by atoms with E-state index in [2.05, 4.69) is 5.32 Å². The van der Waals surface area contributed by atoms with Crippen LogP contribution in [-0.2, 0) is 26.9 Å². The minimum absolute atomic E-state index is 0.214. The molecule has 122 valence electrons. The molecule has 0 saturated heterocycles. The molecule has 0 unspecified atom stereocenters. The molecule has 0 spiro atoms. The minimum Gasteiger partial charge on any atom is -0.449 e. The van der Waals surface area contributed by atoms with Crippen molar-refractivity contribution in [1.29, 1.82) is 0 Å². The normalized spacial score (nSPS) is 13.1. The van der Waals surface area contributed by atoms with Crippen molar-refractivity contribution in [2.45, 2.75) is 24.5 Å². The molecule has 0 bridgehead atoms. The van der Waals surface area contributed by atoms with Gasteiger partial charge in [0.15, 0.2) is 6.10 Å². The van der Waals surface area contributed by atoms with E-state index < -0.39 is 22.9 Å². The Bertz CT molecular complexity index is 713. The Hall–Kier alpha value is -1.99. The predicted molar refractivity (Wildman–Crippen MR) is 89.8 cm³/mol. The topological polar surface area (TPSA) is 72.5 Å². The Morgan fingerprint density at radius 2 is 2.00 bits per heavy atom. The van der Waals surface area contributed by atoms with Crippen LogP contribution in [-0.4, -0.2) is 28.4 Å². The Kier molecular flexibility index (Phi) is 6.06. The maximum Gasteiger partial charge on any atom is 0.340 e. The fraction of sp³-hybridized carbons (Fsp3) is 0.250. The SMILES string of the molecule is C[C@H](OC(=O)c1ccccc1[S@](C)=O)C(=O)NCc1cccs1. The van der Waals surface area contributed by atoms with Crippen LogP contribution in [0.15, 0.2) is 46.7 Å². The first kappa shape index (κ1) is 17.4. The third-order valence-electron chi connectivity index (χ3n) is 3.09. The first-order chi connectivity index (χ1) is 11.0. The summed E-state index contributed by atoms with van der Waals surface area (Å²) in [6.07, 6.45) is 0.560. The van der Waals surface area contributed by atoms with Gasteiger partial charge in [0.2, 0.25) is 0 Å². The van der Waals surface area contributed by atoms with Crippen LogP contribution in [0.5, 0.6) is 0 Å². The van der Waals surface area contributed by atoms with Gasteiger partial charge in [0.1, 0.15) is 0 Å². The Morgan fingerprint density at radius 1 is 1.26 bits per heavy atom. The number of thiophene rings is 1. The lowest BCUT2D eigenvalue weighted by Crippen LogP contribution is -2.35. The molecule has 1 N–H and O–H groups in total. The summed E-state index contributed by atoms with van der Waals surface area (Å²) in [7, 11) is -1.31. The van der Waals surface area contributed by atoms with Gasteiger partial charge in [-0.15, -0.1) is 11.3 Å². The molecule has 0 aliphatic carbocycles. The second-order valence-corrected chi connectivity index (χ2v) is 7.18. The second kappa shape index (κ2) is 8.03. The summed E-state index contributed by atoms with van der Waals surface area (Å²) in [5, 5.41) is 4.64. The molecule has 1 aromatic carbocycles. The zero-order valence-electron chi connectivity index (χ0n) is 12.8. The lowest BCUT2D eigenvalue weighted by molar-refractivity contribution is -0.129. The van der Waals surface area contributed by atoms with Crippen LogP contribution in [0.1, 0.15) is 22.2 Å². The minimum atomic E-state index is -1.31. The molecule has 0 aliphatic rings. The zero-order chi connectivity index (χ0) is 16.8. The fourth-order valence-corrected chi connectivity index (χ4v) is 3.27. The van der Waals surface area contributed by atoms with E-state index >= 15 is 0 Å². The summed E-state index contributed by atoms with van der Waals surface area (Å²) in [5.41, 5.74) is 0.214. The van der Waals surface area contributed by atoms with Crippen LogP contribution in [0.3, 0.4) is 0 Å². The van der Waals surface area contributed by atoms with Crippen LogP contribution in [0, 0.1) is 0 Å². The van der Waals surface area contributed by atoms with Crippen molar-refractivity contribution >= 4 is 34.0 Å². The van der Waals surface area contributed by atoms with E-state index in [1.165, 1.54) is 30.6 Å². The molecule has 23 heavy (non-hydrogen) atoms. The first-order valence-electron chi connectivity index (χ1n) is 6.92. The van der Waals surface area contributed by atoms with Crippen molar-refractivity contribution in [2.75, 3.05) is 6.26 Å². The quantitative estimate of drug-likeness (QED) is 0.811. The lowest BCUT2D eigenvalue weighted by atomic mass is 10.2. The molecule has 7 heteroatoms. The van der Waals surface area contributed by atoms with Gasteiger partial charge in [-0.1, -0.05) is 18.2 Å². The van der Waals surface area contributed by atoms with Gasteiger partial charge in [-0.25, -0.2) is 4.79 Å². The number of hydrogen-bond donors (Lipinski definition) is 1. The van der Waals surface area contributed by atoms with Crippen molar-refractivity contribution < 1.29 is 18.5 Å². The van der Waals surface area contributed by atoms with Crippen molar-refractivity contribution in [1.82, 2.24) is 5.32 Å². The van der Waals surface area contributed by atoms with Crippen LogP contribution in [0.2, 0.25) is 0 Å². The molecular weight excluding hydrogens is 334 g/mol. The molecule has 5 nitrogen and oxygen atoms in total. The van der Waals surface area contributed by atoms with Gasteiger partial charge in [0.05, 0.1) is 27.8 Å². The molecule has 0 aliphatic heterocycles. The molecule has 1 heterocycles. The second-order valence-electron chi connectivity index (χ2n) is 4.79. The number of rotatable bonds is 6. The first-order valence-corrected chi connectivity index (χ1v) is 9.36. The number of benzene rings is 1. The summed E-state index contributed by atoms with van der Waals surface area (Å²) >= 11 is 1.54. The number of hydrogen-bond acceptors (Lipinski definition) is 5. The van der Waals surface area contributed by atoms with E-state index in [0.717, 1.165) is 4.88 Å². The van der Waals surface area contributed by atoms with Crippen molar-refractivity contribution in [3.63, 3.8) is 0 Å². The highest BCUT2D eigenvalue weighted by Gasteiger charge is 2.21. The maximum absolute atomic E-state index is 12.2. The summed E-state index contributed by atoms with van der Waals surface area (Å²) in [6.45, 7) is 1.90. The number of carbonyl (C=O) groups is 2. The average molecular weight is 351 g/mol. The van der Waals surface area contributed by atoms with E-state index in [1.54, 1.807) is 18.2 Å². The summed E-state index contributed by atoms with van der Waals surface area (Å²) in [6, 6.07) is 10.3. The van der Waals surface area contributed by atoms with E-state index in [1.807, 2.05) is 17.5 Å². The highest BCUT2D eigenvalue weighted by atomic mass is 32.2. The van der Waals surface area contributed by atoms with Crippen molar-refractivity contribution in [3.05, 3.63) is 52.2 Å². The Morgan fingerprint density at radius 3 is 2.65 bits per heavy atom. The van der Waals surface area contributed by atoms with Gasteiger partial charge >= 0.3 is 5.97 Å². The monoisotopic (exact) mass is 351 g/mol. The molecule has 2 aromatic rings. The van der Waals surface area contributed by atoms with E-state index in [-0.39, 0.29) is 11.5 Å². The average Bonchev–Trinajstić information content (AvgIpc) is 3.05. The van der Waals surface area contributed by atoms with Crippen LogP contribution in [0.25, 0.3) is 0 Å². The third-order valence-corrected chi connectivity index (χ3v) is 4.94. The molecule has 1 aromatic heterocycles. The maximum atomic E-state index is 12.2. The molecule has 2 rings (SSSR count). The van der Waals surface area contributed by atoms with Crippen LogP contribution >= 0.6 is 11.3 Å². The number of esters is 1. The van der Waals surface area contributed by atoms with Gasteiger partial charge in [-0.2, -0.15) is 0 Å². The molecule has 0 saturated carbocycles. The third kappa shape index (κ3) is 4.74. The van der Waals surface area contributed by atoms with Gasteiger partial charge in [-0.3, -0.25) is 9.00 Å². The summed E-state index contributed by atoms with van der Waals surface area (Å²) < 4.78 is 16.8. The number of nitrogens with one attached hydrogen (secondary N) is 1. The standard InChI is InChI=1S/C16H17NO4S2/c1-11(15(18)17-10-12-6-5-9-22-12)21-16(19)13-7-3-4-8-14(13)23(2)20/h3-9,11H,10H2,1-2H3,(H,17,18)/t11-,23-/m0/s1. The Labute approximate surface area is 141 Å². The summed E-state index contributed by atoms with van der Waals surface area (Å²) in [4.78, 5) is 25.6. The van der Waals surface area contributed by atoms with Gasteiger partial charge < -0.3 is 10.1 Å². The van der Waals surface area contributed by atoms with Crippen molar-refractivity contribution in [2.24, 2.45) is 0 Å². The number of amides is 1. The predicted octanol–water partition coefficient (Wildman–Crippen LogP) is 2.35. The van der Waals surface area contributed by atoms with Crippen LogP contribution < -0.4 is 5.32 Å². The molecule has 1 amide bonds. The number of ether oxygens (including phenoxy) is 1. The molecular formula is C16H17NO4S2. The lowest BCUT2D eigenvalue weighted by Gasteiger charge is -2.14.